The summed E-state index contributed by atoms with van der Waals surface area (Å²) in [5, 5.41) is 10.4. The quantitative estimate of drug-likeness (QED) is 0.224. The minimum absolute atomic E-state index is 0.0918. The Morgan fingerprint density at radius 2 is 1.62 bits per heavy atom. The van der Waals surface area contributed by atoms with Crippen molar-refractivity contribution in [1.29, 1.82) is 5.41 Å². The van der Waals surface area contributed by atoms with Gasteiger partial charge in [-0.2, -0.15) is 26.3 Å². The van der Waals surface area contributed by atoms with Gasteiger partial charge in [0.05, 0.1) is 11.1 Å². The van der Waals surface area contributed by atoms with Crippen molar-refractivity contribution < 1.29 is 45.4 Å². The van der Waals surface area contributed by atoms with Gasteiger partial charge in [-0.15, -0.1) is 0 Å². The minimum Gasteiger partial charge on any atom is -0.419 e. The molecule has 7 nitrogen and oxygen atoms in total. The summed E-state index contributed by atoms with van der Waals surface area (Å²) in [7, 11) is 0. The standard InChI is InChI=1S/C16H13F6N3O4/c17-15(18,19)13(26)28-9-2-1-8(12(23)24)11(29-14(27)16(20,21)22)10(9)7-3-5-25-6-4-7/h1-3,25H,4-6H2,(H3,23,24). The fraction of sp³-hybridized carbons (Fsp3) is 0.312. The van der Waals surface area contributed by atoms with Crippen molar-refractivity contribution in [1.82, 2.24) is 5.32 Å². The largest absolute Gasteiger partial charge is 0.491 e. The molecule has 4 N–H and O–H groups in total. The van der Waals surface area contributed by atoms with Crippen molar-refractivity contribution in [3.8, 4) is 11.5 Å². The molecule has 1 aromatic rings. The number of esters is 2. The van der Waals surface area contributed by atoms with Gasteiger partial charge in [-0.1, -0.05) is 6.08 Å². The zero-order valence-corrected chi connectivity index (χ0v) is 14.3. The van der Waals surface area contributed by atoms with Gasteiger partial charge in [0.25, 0.3) is 0 Å². The number of hydrogen-bond donors (Lipinski definition) is 3. The van der Waals surface area contributed by atoms with Crippen molar-refractivity contribution in [3.63, 3.8) is 0 Å². The summed E-state index contributed by atoms with van der Waals surface area (Å²) in [5.74, 6) is -7.86. The lowest BCUT2D eigenvalue weighted by molar-refractivity contribution is -0.190. The van der Waals surface area contributed by atoms with Gasteiger partial charge >= 0.3 is 24.3 Å². The van der Waals surface area contributed by atoms with Crippen LogP contribution >= 0.6 is 0 Å². The molecular weight excluding hydrogens is 412 g/mol. The summed E-state index contributed by atoms with van der Waals surface area (Å²) >= 11 is 0. The van der Waals surface area contributed by atoms with Crippen LogP contribution in [0.2, 0.25) is 0 Å². The molecule has 158 valence electrons. The lowest BCUT2D eigenvalue weighted by atomic mass is 9.95. The minimum atomic E-state index is -5.44. The Kier molecular flexibility index (Phi) is 6.21. The molecule has 0 aliphatic carbocycles. The second kappa shape index (κ2) is 8.11. The average molecular weight is 425 g/mol. The van der Waals surface area contributed by atoms with Crippen LogP contribution in [0.5, 0.6) is 11.5 Å². The van der Waals surface area contributed by atoms with E-state index in [4.69, 9.17) is 11.1 Å². The Morgan fingerprint density at radius 1 is 1.03 bits per heavy atom. The van der Waals surface area contributed by atoms with E-state index >= 15 is 0 Å². The van der Waals surface area contributed by atoms with Crippen molar-refractivity contribution >= 4 is 23.3 Å². The summed E-state index contributed by atoms with van der Waals surface area (Å²) in [6, 6.07) is 1.63. The Morgan fingerprint density at radius 3 is 2.10 bits per heavy atom. The van der Waals surface area contributed by atoms with Crippen LogP contribution in [0.15, 0.2) is 18.2 Å². The Labute approximate surface area is 159 Å². The average Bonchev–Trinajstić information content (AvgIpc) is 2.60. The number of carbonyl (C=O) groups is 2. The van der Waals surface area contributed by atoms with Crippen molar-refractivity contribution in [3.05, 3.63) is 29.3 Å². The monoisotopic (exact) mass is 425 g/mol. The van der Waals surface area contributed by atoms with E-state index in [1.807, 2.05) is 0 Å². The molecule has 0 spiro atoms. The highest BCUT2D eigenvalue weighted by molar-refractivity contribution is 6.01. The highest BCUT2D eigenvalue weighted by Crippen LogP contribution is 2.41. The van der Waals surface area contributed by atoms with Gasteiger partial charge in [0.1, 0.15) is 11.6 Å². The lowest BCUT2D eigenvalue weighted by Crippen LogP contribution is -2.31. The van der Waals surface area contributed by atoms with E-state index in [-0.39, 0.29) is 25.1 Å². The molecule has 0 atom stereocenters. The normalized spacial score (nSPS) is 14.8. The maximum Gasteiger partial charge on any atom is 0.491 e. The van der Waals surface area contributed by atoms with Gasteiger partial charge in [0.2, 0.25) is 0 Å². The molecule has 1 aromatic carbocycles. The van der Waals surface area contributed by atoms with E-state index in [1.165, 1.54) is 6.08 Å². The van der Waals surface area contributed by atoms with Crippen molar-refractivity contribution in [2.45, 2.75) is 18.8 Å². The summed E-state index contributed by atoms with van der Waals surface area (Å²) in [4.78, 5) is 22.6. The predicted molar refractivity (Wildman–Crippen MR) is 86.3 cm³/mol. The van der Waals surface area contributed by atoms with E-state index in [9.17, 15) is 35.9 Å². The number of halogens is 6. The summed E-state index contributed by atoms with van der Waals surface area (Å²) in [5.41, 5.74) is 4.45. The van der Waals surface area contributed by atoms with Crippen LogP contribution in [0.3, 0.4) is 0 Å². The highest BCUT2D eigenvalue weighted by Gasteiger charge is 2.44. The van der Waals surface area contributed by atoms with Gasteiger partial charge in [0.15, 0.2) is 5.75 Å². The van der Waals surface area contributed by atoms with Gasteiger partial charge in [-0.25, -0.2) is 9.59 Å². The summed E-state index contributed by atoms with van der Waals surface area (Å²) in [6.45, 7) is 0.481. The molecular formula is C16H13F6N3O4. The van der Waals surface area contributed by atoms with E-state index in [2.05, 4.69) is 14.8 Å². The molecule has 0 fully saturated rings. The number of nitrogens with two attached hydrogens (primary N) is 1. The third kappa shape index (κ3) is 5.25. The molecule has 0 unspecified atom stereocenters. The Hall–Kier alpha value is -3.09. The Balaban J connectivity index is 2.70. The molecule has 0 bridgehead atoms. The first-order valence-corrected chi connectivity index (χ1v) is 7.82. The van der Waals surface area contributed by atoms with Crippen LogP contribution in [-0.2, 0) is 9.59 Å². The molecule has 1 aliphatic rings. The zero-order valence-electron chi connectivity index (χ0n) is 14.3. The number of alkyl halides is 6. The number of benzene rings is 1. The number of carbonyl (C=O) groups excluding carboxylic acids is 2. The molecule has 0 saturated carbocycles. The van der Waals surface area contributed by atoms with Gasteiger partial charge in [0, 0.05) is 6.54 Å². The first-order chi connectivity index (χ1) is 13.3. The number of ether oxygens (including phenoxy) is 2. The van der Waals surface area contributed by atoms with Crippen LogP contribution in [0.1, 0.15) is 17.5 Å². The van der Waals surface area contributed by atoms with E-state index in [0.29, 0.717) is 0 Å². The lowest BCUT2D eigenvalue weighted by Gasteiger charge is -2.22. The van der Waals surface area contributed by atoms with Crippen molar-refractivity contribution in [2.75, 3.05) is 13.1 Å². The van der Waals surface area contributed by atoms with Gasteiger partial charge < -0.3 is 20.5 Å². The fourth-order valence-electron chi connectivity index (χ4n) is 2.43. The maximum absolute atomic E-state index is 12.7. The smallest absolute Gasteiger partial charge is 0.419 e. The molecule has 29 heavy (non-hydrogen) atoms. The summed E-state index contributed by atoms with van der Waals surface area (Å²) in [6.07, 6.45) is -9.33. The van der Waals surface area contributed by atoms with Gasteiger partial charge in [-0.3, -0.25) is 5.41 Å². The van der Waals surface area contributed by atoms with Crippen molar-refractivity contribution in [2.24, 2.45) is 5.73 Å². The molecule has 2 rings (SSSR count). The third-order valence-electron chi connectivity index (χ3n) is 3.65. The topological polar surface area (TPSA) is 115 Å². The SMILES string of the molecule is N=C(N)c1ccc(OC(=O)C(F)(F)F)c(C2=CCNCC2)c1OC(=O)C(F)(F)F. The molecule has 0 amide bonds. The third-order valence-corrected chi connectivity index (χ3v) is 3.65. The van der Waals surface area contributed by atoms with Crippen LogP contribution < -0.4 is 20.5 Å². The van der Waals surface area contributed by atoms with Gasteiger partial charge in [-0.05, 0) is 30.7 Å². The molecule has 1 aliphatic heterocycles. The molecule has 1 heterocycles. The maximum atomic E-state index is 12.7. The predicted octanol–water partition coefficient (Wildman–Crippen LogP) is 2.28. The first-order valence-electron chi connectivity index (χ1n) is 7.82. The van der Waals surface area contributed by atoms with Crippen LogP contribution in [0, 0.1) is 5.41 Å². The number of nitrogens with one attached hydrogen (secondary N) is 2. The van der Waals surface area contributed by atoms with E-state index in [1.54, 1.807) is 0 Å². The van der Waals surface area contributed by atoms with Crippen LogP contribution in [-0.4, -0.2) is 43.2 Å². The first kappa shape index (κ1) is 22.2. The summed E-state index contributed by atoms with van der Waals surface area (Å²) < 4.78 is 84.5. The zero-order chi connectivity index (χ0) is 22.0. The number of hydrogen-bond acceptors (Lipinski definition) is 6. The van der Waals surface area contributed by atoms with Crippen LogP contribution in [0.25, 0.3) is 5.57 Å². The number of rotatable bonds is 4. The number of nitrogen functional groups attached to an aromatic ring is 1. The Bertz CT molecular complexity index is 877. The second-order valence-electron chi connectivity index (χ2n) is 5.69. The van der Waals surface area contributed by atoms with E-state index < -0.39 is 52.8 Å². The van der Waals surface area contributed by atoms with Crippen LogP contribution in [0.4, 0.5) is 26.3 Å². The highest BCUT2D eigenvalue weighted by atomic mass is 19.4. The molecule has 13 heteroatoms. The fourth-order valence-corrected chi connectivity index (χ4v) is 2.43. The molecule has 0 radical (unpaired) electrons. The molecule has 0 aromatic heterocycles. The van der Waals surface area contributed by atoms with E-state index in [0.717, 1.165) is 12.1 Å². The molecule has 0 saturated heterocycles. The number of amidine groups is 1. The second-order valence-corrected chi connectivity index (χ2v) is 5.69.